The summed E-state index contributed by atoms with van der Waals surface area (Å²) in [5.41, 5.74) is 7.72. The van der Waals surface area contributed by atoms with Crippen LogP contribution in [0.15, 0.2) is 41.5 Å². The predicted molar refractivity (Wildman–Crippen MR) is 132 cm³/mol. The highest BCUT2D eigenvalue weighted by Gasteiger charge is 2.55. The summed E-state index contributed by atoms with van der Waals surface area (Å²) < 4.78 is 38.0. The van der Waals surface area contributed by atoms with Crippen LogP contribution in [0.1, 0.15) is 32.1 Å². The third kappa shape index (κ3) is 6.18. The first-order valence-corrected chi connectivity index (χ1v) is 12.2. The van der Waals surface area contributed by atoms with Gasteiger partial charge in [-0.3, -0.25) is 9.59 Å². The number of benzene rings is 2. The van der Waals surface area contributed by atoms with Crippen molar-refractivity contribution in [2.24, 2.45) is 5.11 Å². The zero-order valence-corrected chi connectivity index (χ0v) is 21.0. The first kappa shape index (κ1) is 26.8. The lowest BCUT2D eigenvalue weighted by Gasteiger charge is -2.56. The van der Waals surface area contributed by atoms with E-state index >= 15 is 0 Å². The van der Waals surface area contributed by atoms with Crippen molar-refractivity contribution in [3.63, 3.8) is 0 Å². The van der Waals surface area contributed by atoms with Gasteiger partial charge in [-0.05, 0) is 61.9 Å². The Hall–Kier alpha value is -3.27. The summed E-state index contributed by atoms with van der Waals surface area (Å²) in [5.74, 6) is -1.85. The molecule has 3 fully saturated rings. The van der Waals surface area contributed by atoms with Gasteiger partial charge in [-0.2, -0.15) is 0 Å². The van der Waals surface area contributed by atoms with Gasteiger partial charge in [-0.15, -0.1) is 0 Å². The summed E-state index contributed by atoms with van der Waals surface area (Å²) >= 11 is 11.3. The van der Waals surface area contributed by atoms with Crippen molar-refractivity contribution in [2.75, 3.05) is 13.2 Å². The molecule has 2 N–H and O–H groups in total. The highest BCUT2D eigenvalue weighted by Crippen LogP contribution is 2.48. The van der Waals surface area contributed by atoms with Gasteiger partial charge < -0.3 is 20.1 Å². The number of nitrogens with zero attached hydrogens (tertiary/aromatic N) is 3. The molecule has 0 aliphatic heterocycles. The number of fused-ring (bicyclic) bond motifs is 3. The molecule has 13 heteroatoms. The number of hydrogen-bond donors (Lipinski definition) is 2. The van der Waals surface area contributed by atoms with Gasteiger partial charge in [-0.25, -0.2) is 8.78 Å². The fourth-order valence-electron chi connectivity index (χ4n) is 4.95. The van der Waals surface area contributed by atoms with Gasteiger partial charge in [0.2, 0.25) is 0 Å². The van der Waals surface area contributed by atoms with Crippen LogP contribution in [-0.2, 0) is 9.59 Å². The maximum absolute atomic E-state index is 13.6. The number of carbonyl (C=O) groups excluding carboxylic acids is 2. The molecule has 5 rings (SSSR count). The second-order valence-corrected chi connectivity index (χ2v) is 10.0. The smallest absolute Gasteiger partial charge is 0.258 e. The van der Waals surface area contributed by atoms with Crippen LogP contribution in [0.2, 0.25) is 10.0 Å². The Morgan fingerprint density at radius 3 is 1.95 bits per heavy atom. The minimum atomic E-state index is -0.790. The van der Waals surface area contributed by atoms with E-state index in [0.717, 1.165) is 12.1 Å². The number of hydrogen-bond acceptors (Lipinski definition) is 5. The molecule has 0 aromatic heterocycles. The normalized spacial score (nSPS) is 24.1. The number of ether oxygens (including phenoxy) is 2. The molecule has 0 radical (unpaired) electrons. The number of carbonyl (C=O) groups is 2. The average molecular weight is 554 g/mol. The SMILES string of the molecule is [N-]=[N+]=NC1CC2(NC(=O)COc3ccc(Cl)c(F)c3)CCC1(NC(=O)COc1ccc(Cl)c(F)c1)CC2. The molecule has 1 atom stereocenters. The van der Waals surface area contributed by atoms with Crippen molar-refractivity contribution in [2.45, 2.75) is 49.2 Å². The van der Waals surface area contributed by atoms with Crippen LogP contribution in [0, 0.1) is 11.6 Å². The molecule has 37 heavy (non-hydrogen) atoms. The van der Waals surface area contributed by atoms with E-state index in [0.29, 0.717) is 32.1 Å². The van der Waals surface area contributed by atoms with Crippen molar-refractivity contribution in [1.82, 2.24) is 10.6 Å². The maximum Gasteiger partial charge on any atom is 0.258 e. The lowest BCUT2D eigenvalue weighted by atomic mass is 9.59. The molecule has 3 aliphatic carbocycles. The molecular weight excluding hydrogens is 531 g/mol. The average Bonchev–Trinajstić information content (AvgIpc) is 2.87. The molecule has 2 bridgehead atoms. The molecular formula is C24H23Cl2F2N5O4. The Labute approximate surface area is 221 Å². The zero-order chi connectivity index (χ0) is 26.6. The second kappa shape index (κ2) is 11.0. The van der Waals surface area contributed by atoms with Crippen molar-refractivity contribution < 1.29 is 27.8 Å². The van der Waals surface area contributed by atoms with Crippen molar-refractivity contribution in [1.29, 1.82) is 0 Å². The molecule has 0 saturated heterocycles. The van der Waals surface area contributed by atoms with E-state index < -0.39 is 40.6 Å². The van der Waals surface area contributed by atoms with Crippen molar-refractivity contribution >= 4 is 35.0 Å². The van der Waals surface area contributed by atoms with E-state index in [1.807, 2.05) is 0 Å². The molecule has 1 unspecified atom stereocenters. The van der Waals surface area contributed by atoms with Gasteiger partial charge >= 0.3 is 0 Å². The van der Waals surface area contributed by atoms with Crippen LogP contribution in [0.3, 0.4) is 0 Å². The number of amides is 2. The van der Waals surface area contributed by atoms with Gasteiger partial charge in [0.25, 0.3) is 11.8 Å². The van der Waals surface area contributed by atoms with Gasteiger partial charge in [0.1, 0.15) is 23.1 Å². The van der Waals surface area contributed by atoms with E-state index in [1.165, 1.54) is 24.3 Å². The number of rotatable bonds is 9. The quantitative estimate of drug-likeness (QED) is 0.254. The standard InChI is InChI=1S/C24H23Cl2F2N5O4/c25-16-3-1-14(9-18(16)27)36-12-21(34)30-23-5-7-24(8-6-23,20(11-23)32-33-29)31-22(35)13-37-15-2-4-17(26)19(28)10-15/h1-4,9-10,20H,5-8,11-13H2,(H,30,34)(H,31,35). The Kier molecular flexibility index (Phi) is 7.96. The Bertz CT molecular complexity index is 1250. The van der Waals surface area contributed by atoms with Crippen molar-refractivity contribution in [3.8, 4) is 11.5 Å². The van der Waals surface area contributed by atoms with E-state index in [2.05, 4.69) is 20.7 Å². The van der Waals surface area contributed by atoms with Gasteiger partial charge in [0, 0.05) is 28.1 Å². The topological polar surface area (TPSA) is 125 Å². The summed E-state index contributed by atoms with van der Waals surface area (Å²) in [6, 6.07) is 7.14. The molecule has 2 aromatic rings. The van der Waals surface area contributed by atoms with Crippen LogP contribution in [0.4, 0.5) is 8.78 Å². The minimum Gasteiger partial charge on any atom is -0.484 e. The molecule has 9 nitrogen and oxygen atoms in total. The van der Waals surface area contributed by atoms with E-state index in [4.69, 9.17) is 38.2 Å². The minimum absolute atomic E-state index is 0.0507. The van der Waals surface area contributed by atoms with E-state index in [9.17, 15) is 18.4 Å². The van der Waals surface area contributed by atoms with Crippen LogP contribution in [-0.4, -0.2) is 42.1 Å². The van der Waals surface area contributed by atoms with Crippen molar-refractivity contribution in [3.05, 3.63) is 68.5 Å². The maximum atomic E-state index is 13.6. The monoisotopic (exact) mass is 553 g/mol. The van der Waals surface area contributed by atoms with Gasteiger partial charge in [-0.1, -0.05) is 28.3 Å². The number of nitrogens with one attached hydrogen (secondary N) is 2. The fraction of sp³-hybridized carbons (Fsp3) is 0.417. The van der Waals surface area contributed by atoms with Crippen LogP contribution in [0.25, 0.3) is 10.4 Å². The van der Waals surface area contributed by atoms with E-state index in [-0.39, 0.29) is 34.8 Å². The fourth-order valence-corrected chi connectivity index (χ4v) is 5.19. The molecule has 0 spiro atoms. The number of halogens is 4. The Morgan fingerprint density at radius 2 is 1.46 bits per heavy atom. The van der Waals surface area contributed by atoms with Crippen LogP contribution in [0.5, 0.6) is 11.5 Å². The predicted octanol–water partition coefficient (Wildman–Crippen LogP) is 5.10. The molecule has 196 valence electrons. The zero-order valence-electron chi connectivity index (χ0n) is 19.5. The molecule has 3 saturated carbocycles. The Balaban J connectivity index is 1.35. The first-order chi connectivity index (χ1) is 17.6. The molecule has 0 heterocycles. The lowest BCUT2D eigenvalue weighted by molar-refractivity contribution is -0.131. The van der Waals surface area contributed by atoms with Gasteiger partial charge in [0.05, 0.1) is 16.1 Å². The molecule has 2 amide bonds. The molecule has 2 aromatic carbocycles. The highest BCUT2D eigenvalue weighted by atomic mass is 35.5. The van der Waals surface area contributed by atoms with E-state index in [1.54, 1.807) is 0 Å². The first-order valence-electron chi connectivity index (χ1n) is 11.5. The third-order valence-corrected chi connectivity index (χ3v) is 7.44. The third-order valence-electron chi connectivity index (χ3n) is 6.83. The second-order valence-electron chi connectivity index (χ2n) is 9.19. The lowest BCUT2D eigenvalue weighted by Crippen LogP contribution is -2.70. The molecule has 3 aliphatic rings. The summed E-state index contributed by atoms with van der Waals surface area (Å²) in [4.78, 5) is 28.3. The Morgan fingerprint density at radius 1 is 0.946 bits per heavy atom. The number of azide groups is 1. The van der Waals surface area contributed by atoms with Gasteiger partial charge in [0.15, 0.2) is 13.2 Å². The summed E-state index contributed by atoms with van der Waals surface area (Å²) in [7, 11) is 0. The van der Waals surface area contributed by atoms with Crippen LogP contribution < -0.4 is 20.1 Å². The summed E-state index contributed by atoms with van der Waals surface area (Å²) in [6.45, 7) is -0.699. The summed E-state index contributed by atoms with van der Waals surface area (Å²) in [6.07, 6.45) is 2.32. The largest absolute Gasteiger partial charge is 0.484 e. The van der Waals surface area contributed by atoms with Crippen LogP contribution >= 0.6 is 23.2 Å². The highest BCUT2D eigenvalue weighted by molar-refractivity contribution is 6.31. The summed E-state index contributed by atoms with van der Waals surface area (Å²) in [5, 5.41) is 9.74.